The zero-order valence-electron chi connectivity index (χ0n) is 14.6. The average molecular weight is 353 g/mol. The van der Waals surface area contributed by atoms with Crippen molar-refractivity contribution in [2.45, 2.75) is 6.54 Å². The largest absolute Gasteiger partial charge is 0.497 e. The highest BCUT2D eigenvalue weighted by atomic mass is 16.6. The first-order valence-corrected chi connectivity index (χ1v) is 8.33. The zero-order chi connectivity index (χ0) is 18.1. The first-order chi connectivity index (χ1) is 12.7. The van der Waals surface area contributed by atoms with E-state index in [2.05, 4.69) is 10.3 Å². The topological polar surface area (TPSA) is 74.6 Å². The molecule has 0 unspecified atom stereocenters. The van der Waals surface area contributed by atoms with E-state index in [1.54, 1.807) is 25.3 Å². The molecule has 0 spiro atoms. The van der Waals surface area contributed by atoms with Gasteiger partial charge in [0.2, 0.25) is 0 Å². The summed E-state index contributed by atoms with van der Waals surface area (Å²) in [6.45, 7) is 1.22. The van der Waals surface area contributed by atoms with E-state index in [-0.39, 0.29) is 5.91 Å². The molecular weight excluding hydrogens is 334 g/mol. The van der Waals surface area contributed by atoms with Crippen molar-refractivity contribution in [2.75, 3.05) is 20.3 Å². The van der Waals surface area contributed by atoms with Crippen molar-refractivity contribution in [1.29, 1.82) is 0 Å². The summed E-state index contributed by atoms with van der Waals surface area (Å²) < 4.78 is 18.3. The molecule has 26 heavy (non-hydrogen) atoms. The summed E-state index contributed by atoms with van der Waals surface area (Å²) in [7, 11) is 3.54. The maximum atomic E-state index is 12.6. The van der Waals surface area contributed by atoms with Crippen molar-refractivity contribution < 1.29 is 19.0 Å². The summed E-state index contributed by atoms with van der Waals surface area (Å²) in [4.78, 5) is 17.2. The Morgan fingerprint density at radius 1 is 1.27 bits per heavy atom. The fourth-order valence-electron chi connectivity index (χ4n) is 3.02. The molecule has 0 aliphatic carbocycles. The summed E-state index contributed by atoms with van der Waals surface area (Å²) in [5, 5.41) is 2.91. The molecule has 134 valence electrons. The van der Waals surface area contributed by atoms with E-state index in [0.717, 1.165) is 22.6 Å². The first-order valence-electron chi connectivity index (χ1n) is 8.33. The van der Waals surface area contributed by atoms with Crippen LogP contribution in [0.1, 0.15) is 16.2 Å². The number of imidazole rings is 1. The first kappa shape index (κ1) is 16.3. The lowest BCUT2D eigenvalue weighted by atomic mass is 10.1. The fourth-order valence-corrected chi connectivity index (χ4v) is 3.02. The SMILES string of the molecule is COc1ccc2c(c1)nc(CNC(=O)c1cccc3c1OCCO3)n2C. The van der Waals surface area contributed by atoms with E-state index < -0.39 is 0 Å². The lowest BCUT2D eigenvalue weighted by molar-refractivity contribution is 0.0938. The van der Waals surface area contributed by atoms with Gasteiger partial charge in [0.05, 0.1) is 30.3 Å². The van der Waals surface area contributed by atoms with Gasteiger partial charge in [-0.3, -0.25) is 4.79 Å². The highest BCUT2D eigenvalue weighted by molar-refractivity contribution is 5.97. The maximum Gasteiger partial charge on any atom is 0.255 e. The second-order valence-electron chi connectivity index (χ2n) is 5.95. The molecule has 4 rings (SSSR count). The Morgan fingerprint density at radius 3 is 2.96 bits per heavy atom. The number of nitrogens with one attached hydrogen (secondary N) is 1. The number of carbonyl (C=O) groups excluding carboxylic acids is 1. The zero-order valence-corrected chi connectivity index (χ0v) is 14.6. The van der Waals surface area contributed by atoms with Crippen LogP contribution in [0.4, 0.5) is 0 Å². The van der Waals surface area contributed by atoms with Gasteiger partial charge in [-0.05, 0) is 24.3 Å². The lowest BCUT2D eigenvalue weighted by Crippen LogP contribution is -2.26. The molecule has 7 nitrogen and oxygen atoms in total. The van der Waals surface area contributed by atoms with Gasteiger partial charge in [-0.2, -0.15) is 0 Å². The van der Waals surface area contributed by atoms with Crippen LogP contribution in [0.15, 0.2) is 36.4 Å². The van der Waals surface area contributed by atoms with E-state index in [4.69, 9.17) is 14.2 Å². The number of para-hydroxylation sites is 1. The molecular formula is C19H19N3O4. The Morgan fingerprint density at radius 2 is 2.12 bits per heavy atom. The van der Waals surface area contributed by atoms with Crippen molar-refractivity contribution in [3.05, 3.63) is 47.8 Å². The van der Waals surface area contributed by atoms with Gasteiger partial charge in [0.15, 0.2) is 11.5 Å². The quantitative estimate of drug-likeness (QED) is 0.779. The standard InChI is InChI=1S/C19H19N3O4/c1-22-15-7-6-12(24-2)10-14(15)21-17(22)11-20-19(23)13-4-3-5-16-18(13)26-9-8-25-16/h3-7,10H,8-9,11H2,1-2H3,(H,20,23). The Bertz CT molecular complexity index is 980. The van der Waals surface area contributed by atoms with E-state index in [0.29, 0.717) is 36.8 Å². The van der Waals surface area contributed by atoms with Crippen LogP contribution in [0.25, 0.3) is 11.0 Å². The number of amides is 1. The van der Waals surface area contributed by atoms with E-state index >= 15 is 0 Å². The molecule has 0 atom stereocenters. The summed E-state index contributed by atoms with van der Waals surface area (Å²) in [5.74, 6) is 2.37. The van der Waals surface area contributed by atoms with Gasteiger partial charge in [0.1, 0.15) is 24.8 Å². The highest BCUT2D eigenvalue weighted by Gasteiger charge is 2.20. The number of ether oxygens (including phenoxy) is 3. The Labute approximate surface area is 150 Å². The predicted molar refractivity (Wildman–Crippen MR) is 95.9 cm³/mol. The van der Waals surface area contributed by atoms with Gasteiger partial charge in [-0.1, -0.05) is 6.07 Å². The Balaban J connectivity index is 1.55. The molecule has 0 radical (unpaired) electrons. The van der Waals surface area contributed by atoms with Crippen LogP contribution in [0.5, 0.6) is 17.2 Å². The number of aromatic nitrogens is 2. The van der Waals surface area contributed by atoms with Gasteiger partial charge in [0, 0.05) is 13.1 Å². The van der Waals surface area contributed by atoms with Crippen LogP contribution in [-0.4, -0.2) is 35.8 Å². The monoisotopic (exact) mass is 353 g/mol. The molecule has 0 bridgehead atoms. The van der Waals surface area contributed by atoms with E-state index in [1.807, 2.05) is 29.8 Å². The van der Waals surface area contributed by atoms with Gasteiger partial charge in [-0.25, -0.2) is 4.98 Å². The van der Waals surface area contributed by atoms with Crippen molar-refractivity contribution in [3.63, 3.8) is 0 Å². The van der Waals surface area contributed by atoms with Crippen LogP contribution >= 0.6 is 0 Å². The molecule has 3 aromatic rings. The summed E-state index contributed by atoms with van der Waals surface area (Å²) >= 11 is 0. The molecule has 1 amide bonds. The van der Waals surface area contributed by atoms with Gasteiger partial charge in [0.25, 0.3) is 5.91 Å². The Kier molecular flexibility index (Phi) is 4.12. The van der Waals surface area contributed by atoms with Crippen molar-refractivity contribution >= 4 is 16.9 Å². The number of hydrogen-bond acceptors (Lipinski definition) is 5. The molecule has 2 heterocycles. The van der Waals surface area contributed by atoms with Gasteiger partial charge >= 0.3 is 0 Å². The number of nitrogens with zero attached hydrogens (tertiary/aromatic N) is 2. The van der Waals surface area contributed by atoms with Crippen molar-refractivity contribution in [3.8, 4) is 17.2 Å². The van der Waals surface area contributed by atoms with E-state index in [9.17, 15) is 4.79 Å². The number of fused-ring (bicyclic) bond motifs is 2. The number of methoxy groups -OCH3 is 1. The maximum absolute atomic E-state index is 12.6. The smallest absolute Gasteiger partial charge is 0.255 e. The summed E-state index contributed by atoms with van der Waals surface area (Å²) in [6, 6.07) is 11.0. The third kappa shape index (κ3) is 2.81. The summed E-state index contributed by atoms with van der Waals surface area (Å²) in [6.07, 6.45) is 0. The molecule has 0 fully saturated rings. The third-order valence-electron chi connectivity index (χ3n) is 4.40. The number of hydrogen-bond donors (Lipinski definition) is 1. The molecule has 0 saturated carbocycles. The number of benzene rings is 2. The van der Waals surface area contributed by atoms with Crippen molar-refractivity contribution in [1.82, 2.24) is 14.9 Å². The minimum Gasteiger partial charge on any atom is -0.497 e. The van der Waals surface area contributed by atoms with Gasteiger partial charge < -0.3 is 24.1 Å². The molecule has 1 aliphatic rings. The Hall–Kier alpha value is -3.22. The number of aryl methyl sites for hydroxylation is 1. The number of rotatable bonds is 4. The van der Waals surface area contributed by atoms with Crippen LogP contribution in [0, 0.1) is 0 Å². The molecule has 1 aliphatic heterocycles. The summed E-state index contributed by atoms with van der Waals surface area (Å²) in [5.41, 5.74) is 2.26. The molecule has 2 aromatic carbocycles. The fraction of sp³-hybridized carbons (Fsp3) is 0.263. The van der Waals surface area contributed by atoms with E-state index in [1.165, 1.54) is 0 Å². The van der Waals surface area contributed by atoms with Gasteiger partial charge in [-0.15, -0.1) is 0 Å². The number of carbonyl (C=O) groups is 1. The molecule has 7 heteroatoms. The molecule has 0 saturated heterocycles. The molecule has 1 N–H and O–H groups in total. The minimum atomic E-state index is -0.225. The minimum absolute atomic E-state index is 0.225. The van der Waals surface area contributed by atoms with Crippen LogP contribution in [0.2, 0.25) is 0 Å². The average Bonchev–Trinajstić information content (AvgIpc) is 3.00. The van der Waals surface area contributed by atoms with Crippen LogP contribution < -0.4 is 19.5 Å². The van der Waals surface area contributed by atoms with Crippen LogP contribution in [-0.2, 0) is 13.6 Å². The lowest BCUT2D eigenvalue weighted by Gasteiger charge is -2.20. The molecule has 1 aromatic heterocycles. The predicted octanol–water partition coefficient (Wildman–Crippen LogP) is 2.28. The van der Waals surface area contributed by atoms with Crippen molar-refractivity contribution in [2.24, 2.45) is 7.05 Å². The second kappa shape index (κ2) is 6.59. The highest BCUT2D eigenvalue weighted by Crippen LogP contribution is 2.33. The van der Waals surface area contributed by atoms with Crippen LogP contribution in [0.3, 0.4) is 0 Å². The second-order valence-corrected chi connectivity index (χ2v) is 5.95. The third-order valence-corrected chi connectivity index (χ3v) is 4.40. The normalized spacial score (nSPS) is 12.8.